The Bertz CT molecular complexity index is 865. The van der Waals surface area contributed by atoms with Crippen molar-refractivity contribution in [2.75, 3.05) is 7.11 Å². The summed E-state index contributed by atoms with van der Waals surface area (Å²) < 4.78 is 5.29. The number of ketones is 1. The summed E-state index contributed by atoms with van der Waals surface area (Å²) in [6, 6.07) is 13.1. The predicted octanol–water partition coefficient (Wildman–Crippen LogP) is 3.98. The van der Waals surface area contributed by atoms with Crippen molar-refractivity contribution in [1.29, 1.82) is 0 Å². The summed E-state index contributed by atoms with van der Waals surface area (Å²) in [7, 11) is 1.54. The molecule has 0 aromatic heterocycles. The second-order valence-corrected chi connectivity index (χ2v) is 5.26. The monoisotopic (exact) mass is 295 g/mol. The third-order valence-corrected chi connectivity index (χ3v) is 4.18. The van der Waals surface area contributed by atoms with Crippen LogP contribution < -0.4 is 4.74 Å². The fourth-order valence-corrected chi connectivity index (χ4v) is 3.17. The standard InChI is InChI=1S/C17H10ClNO2/c1-21-12-8-4-7-11-13(12)17(20)14-15(18)9-5-2-3-6-10(9)16(14)19-11/h2-8H,1H3. The number of halogens is 1. The molecule has 21 heavy (non-hydrogen) atoms. The molecule has 1 heterocycles. The highest BCUT2D eigenvalue weighted by molar-refractivity contribution is 6.60. The van der Waals surface area contributed by atoms with E-state index in [1.165, 1.54) is 0 Å². The van der Waals surface area contributed by atoms with E-state index in [4.69, 9.17) is 16.3 Å². The molecule has 4 heteroatoms. The van der Waals surface area contributed by atoms with Gasteiger partial charge in [-0.1, -0.05) is 41.9 Å². The van der Waals surface area contributed by atoms with Gasteiger partial charge in [-0.15, -0.1) is 0 Å². The molecule has 0 radical (unpaired) electrons. The molecule has 1 aliphatic heterocycles. The summed E-state index contributed by atoms with van der Waals surface area (Å²) in [5.41, 5.74) is 3.98. The molecule has 0 atom stereocenters. The van der Waals surface area contributed by atoms with Gasteiger partial charge in [-0.25, -0.2) is 4.99 Å². The number of carbonyl (C=O) groups is 1. The smallest absolute Gasteiger partial charge is 0.202 e. The minimum absolute atomic E-state index is 0.131. The Morgan fingerprint density at radius 1 is 1.05 bits per heavy atom. The number of ether oxygens (including phenoxy) is 1. The van der Waals surface area contributed by atoms with E-state index in [1.807, 2.05) is 36.4 Å². The zero-order chi connectivity index (χ0) is 14.6. The van der Waals surface area contributed by atoms with Crippen molar-refractivity contribution in [2.45, 2.75) is 0 Å². The molecular weight excluding hydrogens is 286 g/mol. The molecule has 0 amide bonds. The molecule has 0 saturated carbocycles. The lowest BCUT2D eigenvalue weighted by atomic mass is 9.94. The molecule has 2 aromatic carbocycles. The number of hydrogen-bond donors (Lipinski definition) is 0. The summed E-state index contributed by atoms with van der Waals surface area (Å²) in [6.45, 7) is 0. The van der Waals surface area contributed by atoms with Crippen molar-refractivity contribution in [3.05, 3.63) is 64.7 Å². The van der Waals surface area contributed by atoms with Gasteiger partial charge in [0.1, 0.15) is 5.75 Å². The van der Waals surface area contributed by atoms with Gasteiger partial charge in [-0.2, -0.15) is 0 Å². The van der Waals surface area contributed by atoms with Gasteiger partial charge in [0.05, 0.1) is 34.7 Å². The molecule has 0 saturated heterocycles. The highest BCUT2D eigenvalue weighted by Gasteiger charge is 2.37. The van der Waals surface area contributed by atoms with Crippen LogP contribution in [0.4, 0.5) is 5.69 Å². The van der Waals surface area contributed by atoms with E-state index in [9.17, 15) is 4.79 Å². The number of rotatable bonds is 1. The second kappa shape index (κ2) is 4.30. The fourth-order valence-electron chi connectivity index (χ4n) is 2.83. The van der Waals surface area contributed by atoms with Gasteiger partial charge in [-0.3, -0.25) is 4.79 Å². The molecule has 4 rings (SSSR count). The van der Waals surface area contributed by atoms with E-state index in [2.05, 4.69) is 4.99 Å². The lowest BCUT2D eigenvalue weighted by Gasteiger charge is -2.17. The van der Waals surface area contributed by atoms with Crippen LogP contribution >= 0.6 is 11.6 Å². The maximum Gasteiger partial charge on any atom is 0.202 e. The van der Waals surface area contributed by atoms with Crippen molar-refractivity contribution in [3.63, 3.8) is 0 Å². The lowest BCUT2D eigenvalue weighted by Crippen LogP contribution is -2.17. The summed E-state index contributed by atoms with van der Waals surface area (Å²) in [6.07, 6.45) is 0. The number of Topliss-reactive ketones (excluding diaryl/α,β-unsaturated/α-hetero) is 1. The Balaban J connectivity index is 2.06. The topological polar surface area (TPSA) is 38.7 Å². The number of methoxy groups -OCH3 is 1. The van der Waals surface area contributed by atoms with Crippen LogP contribution in [0.2, 0.25) is 0 Å². The van der Waals surface area contributed by atoms with Crippen LogP contribution in [0.3, 0.4) is 0 Å². The third-order valence-electron chi connectivity index (χ3n) is 3.79. The molecule has 0 unspecified atom stereocenters. The third kappa shape index (κ3) is 1.55. The first-order valence-corrected chi connectivity index (χ1v) is 6.90. The minimum atomic E-state index is -0.131. The van der Waals surface area contributed by atoms with E-state index in [0.29, 0.717) is 33.3 Å². The van der Waals surface area contributed by atoms with Crippen LogP contribution in [-0.2, 0) is 0 Å². The van der Waals surface area contributed by atoms with Gasteiger partial charge in [-0.05, 0) is 12.1 Å². The molecule has 102 valence electrons. The largest absolute Gasteiger partial charge is 0.496 e. The Kier molecular flexibility index (Phi) is 2.53. The van der Waals surface area contributed by atoms with Crippen molar-refractivity contribution < 1.29 is 9.53 Å². The van der Waals surface area contributed by atoms with Crippen LogP contribution in [0.15, 0.2) is 53.0 Å². The number of nitrogens with zero attached hydrogens (tertiary/aromatic N) is 1. The number of hydrogen-bond acceptors (Lipinski definition) is 3. The predicted molar refractivity (Wildman–Crippen MR) is 82.7 cm³/mol. The van der Waals surface area contributed by atoms with Crippen molar-refractivity contribution in [3.8, 4) is 5.75 Å². The Morgan fingerprint density at radius 2 is 1.81 bits per heavy atom. The van der Waals surface area contributed by atoms with Gasteiger partial charge in [0.15, 0.2) is 0 Å². The molecule has 0 N–H and O–H groups in total. The number of aliphatic imine (C=N–C) groups is 1. The molecular formula is C17H10ClNO2. The van der Waals surface area contributed by atoms with E-state index in [-0.39, 0.29) is 5.78 Å². The average molecular weight is 296 g/mol. The van der Waals surface area contributed by atoms with Crippen LogP contribution in [0.1, 0.15) is 21.5 Å². The second-order valence-electron chi connectivity index (χ2n) is 4.88. The van der Waals surface area contributed by atoms with E-state index in [1.54, 1.807) is 13.2 Å². The molecule has 2 aliphatic rings. The summed E-state index contributed by atoms with van der Waals surface area (Å²) in [5, 5.41) is 0.464. The first-order chi connectivity index (χ1) is 10.2. The molecule has 0 spiro atoms. The minimum Gasteiger partial charge on any atom is -0.496 e. The molecule has 3 nitrogen and oxygen atoms in total. The number of carbonyl (C=O) groups excluding carboxylic acids is 1. The number of benzene rings is 2. The van der Waals surface area contributed by atoms with Gasteiger partial charge in [0, 0.05) is 11.1 Å². The quantitative estimate of drug-likeness (QED) is 0.798. The van der Waals surface area contributed by atoms with E-state index >= 15 is 0 Å². The fraction of sp³-hybridized carbons (Fsp3) is 0.0588. The van der Waals surface area contributed by atoms with Crippen LogP contribution in [0.5, 0.6) is 5.75 Å². The average Bonchev–Trinajstić information content (AvgIpc) is 2.80. The highest BCUT2D eigenvalue weighted by Crippen LogP contribution is 2.44. The van der Waals surface area contributed by atoms with E-state index in [0.717, 1.165) is 11.1 Å². The highest BCUT2D eigenvalue weighted by atomic mass is 35.5. The van der Waals surface area contributed by atoms with Crippen molar-refractivity contribution >= 4 is 33.8 Å². The number of allylic oxidation sites excluding steroid dienone is 1. The zero-order valence-electron chi connectivity index (χ0n) is 11.2. The normalized spacial score (nSPS) is 15.3. The lowest BCUT2D eigenvalue weighted by molar-refractivity contribution is 0.103. The Hall–Kier alpha value is -2.39. The maximum absolute atomic E-state index is 12.9. The van der Waals surface area contributed by atoms with Crippen LogP contribution in [-0.4, -0.2) is 18.6 Å². The van der Waals surface area contributed by atoms with Crippen LogP contribution in [0, 0.1) is 0 Å². The summed E-state index contributed by atoms with van der Waals surface area (Å²) in [4.78, 5) is 17.5. The molecule has 0 bridgehead atoms. The summed E-state index contributed by atoms with van der Waals surface area (Å²) >= 11 is 6.41. The Morgan fingerprint density at radius 3 is 2.57 bits per heavy atom. The zero-order valence-corrected chi connectivity index (χ0v) is 11.9. The van der Waals surface area contributed by atoms with Gasteiger partial charge >= 0.3 is 0 Å². The summed E-state index contributed by atoms with van der Waals surface area (Å²) in [5.74, 6) is 0.391. The molecule has 0 fully saturated rings. The first kappa shape index (κ1) is 12.4. The Labute approximate surface area is 126 Å². The van der Waals surface area contributed by atoms with E-state index < -0.39 is 0 Å². The number of fused-ring (bicyclic) bond motifs is 4. The SMILES string of the molecule is COc1cccc2c1C(=O)C1=C(Cl)c3ccccc3C1=N2. The molecule has 2 aromatic rings. The van der Waals surface area contributed by atoms with Gasteiger partial charge in [0.25, 0.3) is 0 Å². The van der Waals surface area contributed by atoms with Crippen molar-refractivity contribution in [2.24, 2.45) is 4.99 Å². The van der Waals surface area contributed by atoms with Crippen LogP contribution in [0.25, 0.3) is 5.03 Å². The van der Waals surface area contributed by atoms with Gasteiger partial charge < -0.3 is 4.74 Å². The maximum atomic E-state index is 12.9. The first-order valence-electron chi connectivity index (χ1n) is 6.52. The van der Waals surface area contributed by atoms with Crippen molar-refractivity contribution in [1.82, 2.24) is 0 Å². The van der Waals surface area contributed by atoms with Gasteiger partial charge in [0.2, 0.25) is 5.78 Å². The molecule has 1 aliphatic carbocycles.